The topological polar surface area (TPSA) is 34.0 Å². The monoisotopic (exact) mass is 272 g/mol. The smallest absolute Gasteiger partial charge is 0.159 e. The molecule has 0 N–H and O–H groups in total. The van der Waals surface area contributed by atoms with Crippen molar-refractivity contribution in [2.45, 2.75) is 52.1 Å². The number of piperidine rings is 1. The largest absolute Gasteiger partial charge is 0.313 e. The van der Waals surface area contributed by atoms with Crippen LogP contribution in [0.2, 0.25) is 0 Å². The first-order chi connectivity index (χ1) is 9.83. The van der Waals surface area contributed by atoms with E-state index in [1.165, 1.54) is 31.6 Å². The molecule has 1 unspecified atom stereocenters. The molecule has 2 aromatic heterocycles. The summed E-state index contributed by atoms with van der Waals surface area (Å²) in [5.74, 6) is 1.20. The Morgan fingerprint density at radius 2 is 2.15 bits per heavy atom. The zero-order chi connectivity index (χ0) is 13.9. The van der Waals surface area contributed by atoms with Crippen LogP contribution in [0.25, 0.3) is 11.2 Å². The van der Waals surface area contributed by atoms with E-state index in [2.05, 4.69) is 34.4 Å². The molecule has 0 spiro atoms. The van der Waals surface area contributed by atoms with Crippen LogP contribution >= 0.6 is 0 Å². The number of hydrogen-bond acceptors (Lipinski definition) is 3. The molecule has 1 aliphatic rings. The fraction of sp³-hybridized carbons (Fsp3) is 0.625. The number of aryl methyl sites for hydroxylation is 1. The second-order valence-electron chi connectivity index (χ2n) is 5.60. The van der Waals surface area contributed by atoms with E-state index < -0.39 is 0 Å². The summed E-state index contributed by atoms with van der Waals surface area (Å²) in [5.41, 5.74) is 2.06. The van der Waals surface area contributed by atoms with Gasteiger partial charge >= 0.3 is 0 Å². The maximum Gasteiger partial charge on any atom is 0.159 e. The summed E-state index contributed by atoms with van der Waals surface area (Å²) in [4.78, 5) is 11.9. The lowest BCUT2D eigenvalue weighted by Crippen LogP contribution is -2.41. The number of imidazole rings is 1. The minimum absolute atomic E-state index is 0.649. The highest BCUT2D eigenvalue weighted by molar-refractivity contribution is 5.71. The van der Waals surface area contributed by atoms with Crippen LogP contribution in [0.3, 0.4) is 0 Å². The van der Waals surface area contributed by atoms with Crippen molar-refractivity contribution in [3.05, 3.63) is 24.2 Å². The van der Waals surface area contributed by atoms with Crippen molar-refractivity contribution >= 4 is 11.2 Å². The third-order valence-corrected chi connectivity index (χ3v) is 4.47. The first-order valence-electron chi connectivity index (χ1n) is 7.87. The van der Waals surface area contributed by atoms with Crippen molar-refractivity contribution in [2.75, 3.05) is 13.1 Å². The number of fused-ring (bicyclic) bond motifs is 1. The summed E-state index contributed by atoms with van der Waals surface area (Å²) in [5, 5.41) is 0. The summed E-state index contributed by atoms with van der Waals surface area (Å²) in [6.45, 7) is 7.78. The molecule has 0 bridgehead atoms. The quantitative estimate of drug-likeness (QED) is 0.858. The second-order valence-corrected chi connectivity index (χ2v) is 5.60. The molecule has 0 amide bonds. The Hall–Kier alpha value is -1.42. The van der Waals surface area contributed by atoms with E-state index in [-0.39, 0.29) is 0 Å². The third kappa shape index (κ3) is 2.44. The van der Waals surface area contributed by atoms with Crippen LogP contribution in [-0.2, 0) is 13.0 Å². The zero-order valence-electron chi connectivity index (χ0n) is 12.5. The Labute approximate surface area is 120 Å². The predicted octanol–water partition coefficient (Wildman–Crippen LogP) is 2.87. The lowest BCUT2D eigenvalue weighted by molar-refractivity contribution is 0.153. The standard InChI is InChI=1S/C16H24N4/c1-3-19-11-6-5-8-13(19)12-15-18-14-9-7-10-17-16(14)20(15)4-2/h7,9-10,13H,3-6,8,11-12H2,1-2H3. The highest BCUT2D eigenvalue weighted by Gasteiger charge is 2.23. The molecule has 0 aliphatic carbocycles. The fourth-order valence-corrected chi connectivity index (χ4v) is 3.41. The first-order valence-corrected chi connectivity index (χ1v) is 7.87. The van der Waals surface area contributed by atoms with Crippen molar-refractivity contribution in [1.82, 2.24) is 19.4 Å². The maximum absolute atomic E-state index is 4.82. The Balaban J connectivity index is 1.89. The molecule has 3 heterocycles. The van der Waals surface area contributed by atoms with E-state index in [4.69, 9.17) is 4.98 Å². The molecule has 1 atom stereocenters. The van der Waals surface area contributed by atoms with Crippen molar-refractivity contribution in [3.63, 3.8) is 0 Å². The van der Waals surface area contributed by atoms with Gasteiger partial charge in [0.15, 0.2) is 5.65 Å². The van der Waals surface area contributed by atoms with Gasteiger partial charge in [-0.1, -0.05) is 13.3 Å². The Morgan fingerprint density at radius 1 is 1.25 bits per heavy atom. The molecule has 3 rings (SSSR count). The summed E-state index contributed by atoms with van der Waals surface area (Å²) in [7, 11) is 0. The summed E-state index contributed by atoms with van der Waals surface area (Å²) in [6, 6.07) is 4.69. The van der Waals surface area contributed by atoms with Gasteiger partial charge < -0.3 is 9.47 Å². The van der Waals surface area contributed by atoms with Gasteiger partial charge in [-0.3, -0.25) is 0 Å². The first kappa shape index (κ1) is 13.6. The Morgan fingerprint density at radius 3 is 2.95 bits per heavy atom. The highest BCUT2D eigenvalue weighted by Crippen LogP contribution is 2.22. The number of likely N-dealkylation sites (N-methyl/N-ethyl adjacent to an activating group) is 1. The highest BCUT2D eigenvalue weighted by atomic mass is 15.2. The minimum Gasteiger partial charge on any atom is -0.313 e. The van der Waals surface area contributed by atoms with Gasteiger partial charge in [0, 0.05) is 25.2 Å². The van der Waals surface area contributed by atoms with E-state index in [9.17, 15) is 0 Å². The van der Waals surface area contributed by atoms with Gasteiger partial charge in [0.25, 0.3) is 0 Å². The molecule has 0 aromatic carbocycles. The number of aromatic nitrogens is 3. The van der Waals surface area contributed by atoms with Crippen LogP contribution in [0, 0.1) is 0 Å². The Bertz CT molecular complexity index is 575. The molecular formula is C16H24N4. The van der Waals surface area contributed by atoms with E-state index in [1.807, 2.05) is 12.3 Å². The van der Waals surface area contributed by atoms with Crippen LogP contribution < -0.4 is 0 Å². The third-order valence-electron chi connectivity index (χ3n) is 4.47. The molecule has 20 heavy (non-hydrogen) atoms. The number of nitrogens with zero attached hydrogens (tertiary/aromatic N) is 4. The molecule has 4 nitrogen and oxygen atoms in total. The fourth-order valence-electron chi connectivity index (χ4n) is 3.41. The molecule has 2 aromatic rings. The van der Waals surface area contributed by atoms with E-state index in [1.54, 1.807) is 0 Å². The normalized spacial score (nSPS) is 20.6. The van der Waals surface area contributed by atoms with Crippen molar-refractivity contribution in [2.24, 2.45) is 0 Å². The minimum atomic E-state index is 0.649. The second kappa shape index (κ2) is 5.92. The summed E-state index contributed by atoms with van der Waals surface area (Å²) in [6.07, 6.45) is 6.91. The predicted molar refractivity (Wildman–Crippen MR) is 81.8 cm³/mol. The molecule has 1 fully saturated rings. The molecule has 108 valence electrons. The molecule has 4 heteroatoms. The van der Waals surface area contributed by atoms with Gasteiger partial charge in [-0.05, 0) is 45.0 Å². The van der Waals surface area contributed by atoms with Crippen molar-refractivity contribution in [3.8, 4) is 0 Å². The lowest BCUT2D eigenvalue weighted by atomic mass is 9.99. The SMILES string of the molecule is CCN1CCCCC1Cc1nc2cccnc2n1CC. The van der Waals surface area contributed by atoms with Crippen LogP contribution in [-0.4, -0.2) is 38.6 Å². The van der Waals surface area contributed by atoms with Gasteiger partial charge in [0.2, 0.25) is 0 Å². The van der Waals surface area contributed by atoms with Crippen LogP contribution in [0.15, 0.2) is 18.3 Å². The summed E-state index contributed by atoms with van der Waals surface area (Å²) < 4.78 is 2.28. The van der Waals surface area contributed by atoms with Crippen LogP contribution in [0.5, 0.6) is 0 Å². The van der Waals surface area contributed by atoms with Crippen LogP contribution in [0.1, 0.15) is 38.9 Å². The van der Waals surface area contributed by atoms with Gasteiger partial charge in [0.1, 0.15) is 11.3 Å². The molecule has 1 aliphatic heterocycles. The molecule has 0 saturated carbocycles. The van der Waals surface area contributed by atoms with Crippen LogP contribution in [0.4, 0.5) is 0 Å². The molecular weight excluding hydrogens is 248 g/mol. The van der Waals surface area contributed by atoms with E-state index >= 15 is 0 Å². The number of rotatable bonds is 4. The maximum atomic E-state index is 4.82. The van der Waals surface area contributed by atoms with Gasteiger partial charge in [0.05, 0.1) is 0 Å². The Kier molecular flexibility index (Phi) is 4.01. The van der Waals surface area contributed by atoms with E-state index in [0.717, 1.165) is 30.7 Å². The van der Waals surface area contributed by atoms with E-state index in [0.29, 0.717) is 6.04 Å². The van der Waals surface area contributed by atoms with Gasteiger partial charge in [-0.2, -0.15) is 0 Å². The average Bonchev–Trinajstić information content (AvgIpc) is 2.85. The molecule has 0 radical (unpaired) electrons. The number of hydrogen-bond donors (Lipinski definition) is 0. The summed E-state index contributed by atoms with van der Waals surface area (Å²) >= 11 is 0. The van der Waals surface area contributed by atoms with Gasteiger partial charge in [-0.15, -0.1) is 0 Å². The average molecular weight is 272 g/mol. The van der Waals surface area contributed by atoms with Crippen molar-refractivity contribution < 1.29 is 0 Å². The van der Waals surface area contributed by atoms with Crippen molar-refractivity contribution in [1.29, 1.82) is 0 Å². The zero-order valence-corrected chi connectivity index (χ0v) is 12.5. The number of pyridine rings is 1. The van der Waals surface area contributed by atoms with Gasteiger partial charge in [-0.25, -0.2) is 9.97 Å². The number of likely N-dealkylation sites (tertiary alicyclic amines) is 1. The lowest BCUT2D eigenvalue weighted by Gasteiger charge is -2.34. The molecule has 1 saturated heterocycles.